The van der Waals surface area contributed by atoms with Crippen LogP contribution in [0.4, 0.5) is 4.79 Å². The Labute approximate surface area is 149 Å². The Bertz CT molecular complexity index is 703. The highest BCUT2D eigenvalue weighted by Gasteiger charge is 2.32. The second-order valence-corrected chi connectivity index (χ2v) is 8.29. The molecule has 1 fully saturated rings. The van der Waals surface area contributed by atoms with Crippen molar-refractivity contribution in [3.05, 3.63) is 27.2 Å². The molecule has 23 heavy (non-hydrogen) atoms. The van der Waals surface area contributed by atoms with Gasteiger partial charge in [0.2, 0.25) is 10.0 Å². The lowest BCUT2D eigenvalue weighted by molar-refractivity contribution is 0.0934. The third kappa shape index (κ3) is 3.99. The van der Waals surface area contributed by atoms with Crippen molar-refractivity contribution in [1.29, 1.82) is 0 Å². The van der Waals surface area contributed by atoms with Crippen LogP contribution in [0.2, 0.25) is 5.02 Å². The summed E-state index contributed by atoms with van der Waals surface area (Å²) < 4.78 is 32.3. The Kier molecular flexibility index (Phi) is 5.94. The smallest absolute Gasteiger partial charge is 0.409 e. The standard InChI is InChI=1S/C14H18BrClN2O4S/c1-3-22-14(19)17-4-6-18(7-5-17)23(20,21)13-8-10(2)12(16)9-11(13)15/h8-9H,3-7H2,1-2H3. The Morgan fingerprint density at radius 1 is 1.30 bits per heavy atom. The van der Waals surface area contributed by atoms with Crippen molar-refractivity contribution in [2.45, 2.75) is 18.7 Å². The highest BCUT2D eigenvalue weighted by atomic mass is 79.9. The zero-order valence-corrected chi connectivity index (χ0v) is 16.0. The largest absolute Gasteiger partial charge is 0.450 e. The number of ether oxygens (including phenoxy) is 1. The van der Waals surface area contributed by atoms with E-state index in [-0.39, 0.29) is 18.0 Å². The highest BCUT2D eigenvalue weighted by Crippen LogP contribution is 2.31. The number of carbonyl (C=O) groups is 1. The summed E-state index contributed by atoms with van der Waals surface area (Å²) in [5.74, 6) is 0. The molecule has 0 saturated carbocycles. The fourth-order valence-corrected chi connectivity index (χ4v) is 5.10. The van der Waals surface area contributed by atoms with Crippen LogP contribution in [0.15, 0.2) is 21.5 Å². The Morgan fingerprint density at radius 3 is 2.48 bits per heavy atom. The number of amides is 1. The van der Waals surface area contributed by atoms with Crippen molar-refractivity contribution in [3.63, 3.8) is 0 Å². The van der Waals surface area contributed by atoms with Crippen molar-refractivity contribution < 1.29 is 17.9 Å². The fourth-order valence-electron chi connectivity index (χ4n) is 2.29. The van der Waals surface area contributed by atoms with Crippen LogP contribution >= 0.6 is 27.5 Å². The predicted octanol–water partition coefficient (Wildman–Crippen LogP) is 2.87. The van der Waals surface area contributed by atoms with E-state index in [9.17, 15) is 13.2 Å². The molecule has 1 aliphatic rings. The molecule has 0 radical (unpaired) electrons. The van der Waals surface area contributed by atoms with Gasteiger partial charge in [0, 0.05) is 35.7 Å². The molecule has 1 saturated heterocycles. The van der Waals surface area contributed by atoms with Crippen LogP contribution in [0.3, 0.4) is 0 Å². The molecule has 6 nitrogen and oxygen atoms in total. The summed E-state index contributed by atoms with van der Waals surface area (Å²) in [5.41, 5.74) is 0.693. The van der Waals surface area contributed by atoms with Gasteiger partial charge in [-0.15, -0.1) is 0 Å². The van der Waals surface area contributed by atoms with Crippen molar-refractivity contribution in [2.24, 2.45) is 0 Å². The number of benzene rings is 1. The molecule has 128 valence electrons. The number of carbonyl (C=O) groups excluding carboxylic acids is 1. The average molecular weight is 426 g/mol. The van der Waals surface area contributed by atoms with E-state index in [2.05, 4.69) is 15.9 Å². The summed E-state index contributed by atoms with van der Waals surface area (Å²) in [4.78, 5) is 13.4. The van der Waals surface area contributed by atoms with Gasteiger partial charge in [-0.25, -0.2) is 13.2 Å². The van der Waals surface area contributed by atoms with Gasteiger partial charge in [-0.3, -0.25) is 0 Å². The van der Waals surface area contributed by atoms with E-state index in [0.29, 0.717) is 34.8 Å². The lowest BCUT2D eigenvalue weighted by atomic mass is 10.2. The minimum atomic E-state index is -3.64. The van der Waals surface area contributed by atoms with Gasteiger partial charge in [0.15, 0.2) is 0 Å². The van der Waals surface area contributed by atoms with Gasteiger partial charge in [-0.2, -0.15) is 4.31 Å². The molecular weight excluding hydrogens is 408 g/mol. The van der Waals surface area contributed by atoms with E-state index < -0.39 is 16.1 Å². The van der Waals surface area contributed by atoms with E-state index in [1.165, 1.54) is 9.21 Å². The summed E-state index contributed by atoms with van der Waals surface area (Å²) in [5, 5.41) is 0.503. The van der Waals surface area contributed by atoms with E-state index in [0.717, 1.165) is 0 Å². The summed E-state index contributed by atoms with van der Waals surface area (Å²) in [7, 11) is -3.64. The number of hydrogen-bond acceptors (Lipinski definition) is 4. The maximum Gasteiger partial charge on any atom is 0.409 e. The Morgan fingerprint density at radius 2 is 1.91 bits per heavy atom. The molecular formula is C14H18BrClN2O4S. The summed E-state index contributed by atoms with van der Waals surface area (Å²) in [6, 6.07) is 3.14. The fraction of sp³-hybridized carbons (Fsp3) is 0.500. The van der Waals surface area contributed by atoms with Gasteiger partial charge in [0.25, 0.3) is 0 Å². The van der Waals surface area contributed by atoms with Crippen LogP contribution in [-0.2, 0) is 14.8 Å². The summed E-state index contributed by atoms with van der Waals surface area (Å²) in [6.07, 6.45) is -0.409. The normalized spacial score (nSPS) is 16.4. The molecule has 1 aromatic rings. The SMILES string of the molecule is CCOC(=O)N1CCN(S(=O)(=O)c2cc(C)c(Cl)cc2Br)CC1. The van der Waals surface area contributed by atoms with Crippen LogP contribution in [0, 0.1) is 6.92 Å². The second kappa shape index (κ2) is 7.38. The number of hydrogen-bond donors (Lipinski definition) is 0. The molecule has 0 aromatic heterocycles. The van der Waals surface area contributed by atoms with Crippen molar-refractivity contribution in [3.8, 4) is 0 Å². The average Bonchev–Trinajstić information content (AvgIpc) is 2.51. The number of nitrogens with zero attached hydrogens (tertiary/aromatic N) is 2. The first-order valence-electron chi connectivity index (χ1n) is 7.15. The quantitative estimate of drug-likeness (QED) is 0.747. The molecule has 0 bridgehead atoms. The minimum absolute atomic E-state index is 0.184. The van der Waals surface area contributed by atoms with E-state index in [1.807, 2.05) is 0 Å². The first-order valence-corrected chi connectivity index (χ1v) is 9.76. The second-order valence-electron chi connectivity index (χ2n) is 5.12. The van der Waals surface area contributed by atoms with E-state index >= 15 is 0 Å². The van der Waals surface area contributed by atoms with Crippen LogP contribution in [0.5, 0.6) is 0 Å². The monoisotopic (exact) mass is 424 g/mol. The van der Waals surface area contributed by atoms with E-state index in [4.69, 9.17) is 16.3 Å². The number of sulfonamides is 1. The summed E-state index contributed by atoms with van der Waals surface area (Å²) in [6.45, 7) is 4.87. The predicted molar refractivity (Wildman–Crippen MR) is 91.2 cm³/mol. The summed E-state index contributed by atoms with van der Waals surface area (Å²) >= 11 is 9.27. The molecule has 0 spiro atoms. The molecule has 1 heterocycles. The zero-order valence-electron chi connectivity index (χ0n) is 12.9. The maximum absolute atomic E-state index is 12.8. The number of piperazine rings is 1. The number of halogens is 2. The topological polar surface area (TPSA) is 66.9 Å². The number of aryl methyl sites for hydroxylation is 1. The molecule has 9 heteroatoms. The van der Waals surface area contributed by atoms with Crippen molar-refractivity contribution in [2.75, 3.05) is 32.8 Å². The van der Waals surface area contributed by atoms with Crippen LogP contribution in [-0.4, -0.2) is 56.5 Å². The molecule has 1 amide bonds. The molecule has 0 atom stereocenters. The Balaban J connectivity index is 2.17. The molecule has 0 unspecified atom stereocenters. The van der Waals surface area contributed by atoms with Crippen molar-refractivity contribution in [1.82, 2.24) is 9.21 Å². The van der Waals surface area contributed by atoms with Gasteiger partial charge in [0.05, 0.1) is 11.5 Å². The highest BCUT2D eigenvalue weighted by molar-refractivity contribution is 9.10. The van der Waals surface area contributed by atoms with Gasteiger partial charge in [-0.05, 0) is 47.5 Å². The third-order valence-electron chi connectivity index (χ3n) is 3.60. The Hall–Kier alpha value is -0.830. The number of rotatable bonds is 3. The van der Waals surface area contributed by atoms with Crippen LogP contribution in [0.1, 0.15) is 12.5 Å². The third-order valence-corrected chi connectivity index (χ3v) is 6.86. The zero-order chi connectivity index (χ0) is 17.2. The van der Waals surface area contributed by atoms with Crippen LogP contribution in [0.25, 0.3) is 0 Å². The molecule has 0 aliphatic carbocycles. The first kappa shape index (κ1) is 18.5. The van der Waals surface area contributed by atoms with Crippen molar-refractivity contribution >= 4 is 43.6 Å². The lowest BCUT2D eigenvalue weighted by Gasteiger charge is -2.33. The van der Waals surface area contributed by atoms with Gasteiger partial charge < -0.3 is 9.64 Å². The van der Waals surface area contributed by atoms with Crippen LogP contribution < -0.4 is 0 Å². The molecule has 1 aromatic carbocycles. The molecule has 0 N–H and O–H groups in total. The van der Waals surface area contributed by atoms with Gasteiger partial charge in [0.1, 0.15) is 0 Å². The minimum Gasteiger partial charge on any atom is -0.450 e. The van der Waals surface area contributed by atoms with Gasteiger partial charge >= 0.3 is 6.09 Å². The molecule has 2 rings (SSSR count). The van der Waals surface area contributed by atoms with E-state index in [1.54, 1.807) is 26.0 Å². The first-order chi connectivity index (χ1) is 10.8. The van der Waals surface area contributed by atoms with Gasteiger partial charge in [-0.1, -0.05) is 11.6 Å². The maximum atomic E-state index is 12.8. The molecule has 1 aliphatic heterocycles. The lowest BCUT2D eigenvalue weighted by Crippen LogP contribution is -2.50.